The van der Waals surface area contributed by atoms with Crippen LogP contribution in [-0.4, -0.2) is 64.8 Å². The van der Waals surface area contributed by atoms with Gasteiger partial charge in [0.05, 0.1) is 24.1 Å². The third-order valence-electron chi connectivity index (χ3n) is 8.36. The molecule has 2 fully saturated rings. The number of carbonyl (C=O) groups excluding carboxylic acids is 2. The topological polar surface area (TPSA) is 153 Å². The normalized spacial score (nSPS) is 22.7. The molecule has 0 unspecified atom stereocenters. The third-order valence-corrected chi connectivity index (χ3v) is 8.36. The summed E-state index contributed by atoms with van der Waals surface area (Å²) in [5.74, 6) is -5.59. The minimum Gasteiger partial charge on any atom is -0.343 e. The van der Waals surface area contributed by atoms with Gasteiger partial charge in [-0.15, -0.1) is 0 Å². The van der Waals surface area contributed by atoms with Crippen LogP contribution in [0.5, 0.6) is 0 Å². The average Bonchev–Trinajstić information content (AvgIpc) is 3.74. The van der Waals surface area contributed by atoms with Crippen molar-refractivity contribution in [2.45, 2.75) is 74.5 Å². The van der Waals surface area contributed by atoms with Gasteiger partial charge in [0.2, 0.25) is 17.5 Å². The molecule has 0 aromatic carbocycles. The molecule has 3 atom stereocenters. The van der Waals surface area contributed by atoms with Gasteiger partial charge in [0, 0.05) is 25.2 Å². The lowest BCUT2D eigenvalue weighted by Gasteiger charge is -2.33. The van der Waals surface area contributed by atoms with Crippen molar-refractivity contribution in [1.82, 2.24) is 45.5 Å². The Bertz CT molecular complexity index is 1740. The highest BCUT2D eigenvalue weighted by molar-refractivity contribution is 5.93. The Hall–Kier alpha value is -4.71. The van der Waals surface area contributed by atoms with Crippen LogP contribution in [0, 0.1) is 5.92 Å². The highest BCUT2D eigenvalue weighted by atomic mass is 19.4. The largest absolute Gasteiger partial charge is 0.408 e. The Labute approximate surface area is 254 Å². The van der Waals surface area contributed by atoms with Crippen LogP contribution >= 0.6 is 0 Å². The fourth-order valence-electron chi connectivity index (χ4n) is 6.02. The van der Waals surface area contributed by atoms with Crippen molar-refractivity contribution < 1.29 is 45.0 Å². The summed E-state index contributed by atoms with van der Waals surface area (Å²) in [5, 5.41) is 15.1. The number of hydrogen-bond donors (Lipinski definition) is 2. The van der Waals surface area contributed by atoms with Gasteiger partial charge in [-0.2, -0.15) is 18.3 Å². The van der Waals surface area contributed by atoms with E-state index in [1.54, 1.807) is 0 Å². The first-order valence-electron chi connectivity index (χ1n) is 14.0. The van der Waals surface area contributed by atoms with Crippen LogP contribution in [0.25, 0.3) is 5.65 Å². The lowest BCUT2D eigenvalue weighted by molar-refractivity contribution is -0.155. The second-order valence-electron chi connectivity index (χ2n) is 11.4. The lowest BCUT2D eigenvalue weighted by Crippen LogP contribution is -2.40. The van der Waals surface area contributed by atoms with Crippen LogP contribution in [0.15, 0.2) is 41.5 Å². The fraction of sp³-hybridized carbons (Fsp3) is 0.481. The maximum atomic E-state index is 14.0. The first-order valence-corrected chi connectivity index (χ1v) is 14.0. The monoisotopic (exact) mass is 655 g/mol. The van der Waals surface area contributed by atoms with E-state index in [0.29, 0.717) is 5.56 Å². The number of carbonyl (C=O) groups is 2. The van der Waals surface area contributed by atoms with Crippen molar-refractivity contribution in [2.75, 3.05) is 0 Å². The Kier molecular flexibility index (Phi) is 7.87. The van der Waals surface area contributed by atoms with Gasteiger partial charge < -0.3 is 10.6 Å². The van der Waals surface area contributed by atoms with E-state index in [4.69, 9.17) is 0 Å². The second-order valence-corrected chi connectivity index (χ2v) is 11.4. The zero-order valence-electron chi connectivity index (χ0n) is 23.5. The molecule has 1 aliphatic heterocycles. The van der Waals surface area contributed by atoms with Crippen LogP contribution in [0.1, 0.15) is 77.8 Å². The summed E-state index contributed by atoms with van der Waals surface area (Å²) in [6, 6.07) is -0.245. The van der Waals surface area contributed by atoms with Crippen molar-refractivity contribution in [3.8, 4) is 0 Å². The molecule has 1 saturated heterocycles. The minimum atomic E-state index is -4.72. The zero-order chi connectivity index (χ0) is 32.9. The molecule has 2 N–H and O–H groups in total. The Morgan fingerprint density at radius 2 is 1.87 bits per heavy atom. The smallest absolute Gasteiger partial charge is 0.343 e. The Morgan fingerprint density at radius 3 is 2.52 bits per heavy atom. The maximum absolute atomic E-state index is 14.0. The van der Waals surface area contributed by atoms with E-state index in [9.17, 15) is 40.3 Å². The average molecular weight is 656 g/mol. The Morgan fingerprint density at radius 1 is 1.15 bits per heavy atom. The molecule has 1 saturated carbocycles. The van der Waals surface area contributed by atoms with Crippen molar-refractivity contribution >= 4 is 17.5 Å². The molecule has 0 bridgehead atoms. The van der Waals surface area contributed by atoms with E-state index < -0.39 is 84.4 Å². The maximum Gasteiger partial charge on any atom is 0.408 e. The molecule has 4 aromatic rings. The van der Waals surface area contributed by atoms with Crippen LogP contribution in [0.3, 0.4) is 0 Å². The van der Waals surface area contributed by atoms with E-state index in [-0.39, 0.29) is 36.4 Å². The molecule has 244 valence electrons. The molecule has 5 heterocycles. The van der Waals surface area contributed by atoms with E-state index in [1.807, 2.05) is 5.32 Å². The standard InChI is InChI=1S/C27H24F7N9O3/c28-21(29)19-20(42-46-41-19)22(44)40-18(14-2-4-26(30,31)5-3-14)15-12-43-17(38-15)8-13(11-37-43)9-25(23-35-6-1-7-36-23)10-16(27(32,33)34)39-24(25)45/h1,6-8,11-12,14,16,18,21H,2-5,9-10H2,(H,39,45)(H,40,44)/t16-,18-,25-/m0/s1. The number of aromatic nitrogens is 7. The molecule has 46 heavy (non-hydrogen) atoms. The van der Waals surface area contributed by atoms with Crippen LogP contribution in [-0.2, 0) is 16.6 Å². The number of rotatable bonds is 8. The molecule has 6 rings (SSSR count). The molecule has 2 amide bonds. The number of hydrogen-bond acceptors (Lipinski definition) is 9. The van der Waals surface area contributed by atoms with Crippen LogP contribution in [0.2, 0.25) is 0 Å². The van der Waals surface area contributed by atoms with Gasteiger partial charge in [-0.05, 0) is 59.6 Å². The summed E-state index contributed by atoms with van der Waals surface area (Å²) in [7, 11) is 0. The second kappa shape index (κ2) is 11.6. The number of alkyl halides is 7. The van der Waals surface area contributed by atoms with Gasteiger partial charge in [0.1, 0.15) is 17.3 Å². The number of fused-ring (bicyclic) bond motifs is 1. The summed E-state index contributed by atoms with van der Waals surface area (Å²) < 4.78 is 101. The molecule has 4 aromatic heterocycles. The summed E-state index contributed by atoms with van der Waals surface area (Å²) in [6.07, 6.45) is -4.47. The predicted molar refractivity (Wildman–Crippen MR) is 139 cm³/mol. The summed E-state index contributed by atoms with van der Waals surface area (Å²) >= 11 is 0. The summed E-state index contributed by atoms with van der Waals surface area (Å²) in [4.78, 5) is 38.8. The Balaban J connectivity index is 1.33. The summed E-state index contributed by atoms with van der Waals surface area (Å²) in [5.41, 5.74) is -2.93. The highest BCUT2D eigenvalue weighted by Gasteiger charge is 2.57. The lowest BCUT2D eigenvalue weighted by atomic mass is 9.78. The number of amides is 2. The summed E-state index contributed by atoms with van der Waals surface area (Å²) in [6.45, 7) is 0. The van der Waals surface area contributed by atoms with Gasteiger partial charge >= 0.3 is 6.18 Å². The molecular formula is C27H24F7N9O3. The van der Waals surface area contributed by atoms with Crippen molar-refractivity contribution in [2.24, 2.45) is 5.92 Å². The fourth-order valence-corrected chi connectivity index (χ4v) is 6.02. The predicted octanol–water partition coefficient (Wildman–Crippen LogP) is 4.07. The first-order chi connectivity index (χ1) is 21.8. The molecule has 0 spiro atoms. The van der Waals surface area contributed by atoms with Crippen molar-refractivity contribution in [1.29, 1.82) is 0 Å². The van der Waals surface area contributed by atoms with E-state index in [2.05, 4.69) is 40.3 Å². The molecule has 1 aliphatic carbocycles. The van der Waals surface area contributed by atoms with Gasteiger partial charge in [0.25, 0.3) is 12.3 Å². The number of nitrogens with zero attached hydrogens (tertiary/aromatic N) is 7. The zero-order valence-corrected chi connectivity index (χ0v) is 23.5. The highest BCUT2D eigenvalue weighted by Crippen LogP contribution is 2.43. The SMILES string of the molecule is O=C(N[C@H](c1cn2ncc(C[C@@]3(c4ncccn4)C[C@@H](C(F)(F)F)NC3=O)cc2n1)C1CCC(F)(F)CC1)c1nonc1C(F)F. The molecule has 0 radical (unpaired) electrons. The van der Waals surface area contributed by atoms with E-state index >= 15 is 0 Å². The number of halogens is 7. The molecular weight excluding hydrogens is 631 g/mol. The van der Waals surface area contributed by atoms with Gasteiger partial charge in [-0.3, -0.25) is 9.59 Å². The van der Waals surface area contributed by atoms with Crippen molar-refractivity contribution in [3.63, 3.8) is 0 Å². The molecule has 19 heteroatoms. The van der Waals surface area contributed by atoms with E-state index in [0.717, 1.165) is 0 Å². The number of nitrogens with one attached hydrogen (secondary N) is 2. The first kappa shape index (κ1) is 31.3. The van der Waals surface area contributed by atoms with Crippen LogP contribution in [0.4, 0.5) is 30.7 Å². The van der Waals surface area contributed by atoms with Gasteiger partial charge in [-0.1, -0.05) is 0 Å². The molecule has 12 nitrogen and oxygen atoms in total. The van der Waals surface area contributed by atoms with E-state index in [1.165, 1.54) is 41.4 Å². The molecule has 2 aliphatic rings. The van der Waals surface area contributed by atoms with Crippen LogP contribution < -0.4 is 10.6 Å². The van der Waals surface area contributed by atoms with Gasteiger partial charge in [0.15, 0.2) is 11.3 Å². The third kappa shape index (κ3) is 5.96. The minimum absolute atomic E-state index is 0.0294. The number of imidazole rings is 1. The van der Waals surface area contributed by atoms with Gasteiger partial charge in [-0.25, -0.2) is 41.7 Å². The van der Waals surface area contributed by atoms with Crippen molar-refractivity contribution in [3.05, 3.63) is 65.4 Å². The quantitative estimate of drug-likeness (QED) is 0.268.